The monoisotopic (exact) mass is 439 g/mol. The van der Waals surface area contributed by atoms with Gasteiger partial charge in [0.15, 0.2) is 0 Å². The Morgan fingerprint density at radius 3 is 2.30 bits per heavy atom. The third-order valence-corrected chi connectivity index (χ3v) is 6.84. The van der Waals surface area contributed by atoms with E-state index in [-0.39, 0.29) is 5.82 Å². The number of piperidine rings is 1. The first-order chi connectivity index (χ1) is 16.3. The van der Waals surface area contributed by atoms with Crippen molar-refractivity contribution in [3.63, 3.8) is 0 Å². The first-order valence-electron chi connectivity index (χ1n) is 11.9. The Hall–Kier alpha value is -3.17. The van der Waals surface area contributed by atoms with Crippen molar-refractivity contribution in [1.82, 2.24) is 4.90 Å². The molecule has 1 aliphatic heterocycles. The van der Waals surface area contributed by atoms with Crippen LogP contribution < -0.4 is 4.74 Å². The Kier molecular flexibility index (Phi) is 6.68. The normalized spacial score (nSPS) is 15.1. The summed E-state index contributed by atoms with van der Waals surface area (Å²) in [6.45, 7) is 3.74. The molecule has 0 saturated carbocycles. The Morgan fingerprint density at radius 1 is 0.788 bits per heavy atom. The number of benzene rings is 4. The minimum absolute atomic E-state index is 0.221. The van der Waals surface area contributed by atoms with Crippen LogP contribution in [0.25, 0.3) is 10.8 Å². The van der Waals surface area contributed by atoms with Crippen LogP contribution in [0.5, 0.6) is 5.75 Å². The second kappa shape index (κ2) is 10.2. The van der Waals surface area contributed by atoms with Gasteiger partial charge in [0.05, 0.1) is 0 Å². The van der Waals surface area contributed by atoms with Gasteiger partial charge in [-0.15, -0.1) is 0 Å². The lowest BCUT2D eigenvalue weighted by molar-refractivity contribution is 0.213. The molecule has 1 fully saturated rings. The fourth-order valence-electron chi connectivity index (χ4n) is 4.94. The van der Waals surface area contributed by atoms with Crippen molar-refractivity contribution >= 4 is 10.8 Å². The summed E-state index contributed by atoms with van der Waals surface area (Å²) in [5, 5.41) is 2.50. The number of fused-ring (bicyclic) bond motifs is 1. The van der Waals surface area contributed by atoms with Crippen LogP contribution in [-0.2, 0) is 13.0 Å². The van der Waals surface area contributed by atoms with E-state index in [1.54, 1.807) is 12.1 Å². The molecule has 0 amide bonds. The van der Waals surface area contributed by atoms with Crippen molar-refractivity contribution in [2.24, 2.45) is 0 Å². The zero-order chi connectivity index (χ0) is 22.5. The van der Waals surface area contributed by atoms with E-state index < -0.39 is 0 Å². The van der Waals surface area contributed by atoms with Gasteiger partial charge in [0, 0.05) is 12.1 Å². The van der Waals surface area contributed by atoms with Crippen LogP contribution in [0.2, 0.25) is 0 Å². The Bertz CT molecular complexity index is 1180. The summed E-state index contributed by atoms with van der Waals surface area (Å²) < 4.78 is 19.5. The highest BCUT2D eigenvalue weighted by molar-refractivity contribution is 5.87. The third kappa shape index (κ3) is 5.26. The van der Waals surface area contributed by atoms with Gasteiger partial charge in [0.2, 0.25) is 0 Å². The molecule has 0 aliphatic carbocycles. The molecular formula is C30H30FNO. The lowest BCUT2D eigenvalue weighted by Crippen LogP contribution is -2.34. The molecule has 0 radical (unpaired) electrons. The smallest absolute Gasteiger partial charge is 0.123 e. The zero-order valence-electron chi connectivity index (χ0n) is 18.9. The summed E-state index contributed by atoms with van der Waals surface area (Å²) in [5.74, 6) is 1.38. The Labute approximate surface area is 195 Å². The highest BCUT2D eigenvalue weighted by Crippen LogP contribution is 2.31. The fraction of sp³-hybridized carbons (Fsp3) is 0.267. The molecule has 5 rings (SSSR count). The fourth-order valence-corrected chi connectivity index (χ4v) is 4.94. The average Bonchev–Trinajstić information content (AvgIpc) is 2.88. The van der Waals surface area contributed by atoms with E-state index in [9.17, 15) is 4.39 Å². The number of hydrogen-bond acceptors (Lipinski definition) is 2. The lowest BCUT2D eigenvalue weighted by atomic mass is 9.89. The standard InChI is InChI=1S/C30H30FNO/c31-27-13-10-23(11-14-27)22-33-30-15-12-26-8-4-5-9-28(26)29(30)18-21-32-19-16-25(17-20-32)24-6-2-1-3-7-24/h1-15,25H,16-22H2. The van der Waals surface area contributed by atoms with Gasteiger partial charge in [-0.05, 0) is 78.4 Å². The molecule has 0 aromatic heterocycles. The van der Waals surface area contributed by atoms with Gasteiger partial charge in [0.25, 0.3) is 0 Å². The van der Waals surface area contributed by atoms with Gasteiger partial charge in [-0.3, -0.25) is 0 Å². The van der Waals surface area contributed by atoms with Gasteiger partial charge in [-0.2, -0.15) is 0 Å². The number of likely N-dealkylation sites (tertiary alicyclic amines) is 1. The maximum Gasteiger partial charge on any atom is 0.123 e. The highest BCUT2D eigenvalue weighted by atomic mass is 19.1. The molecule has 0 atom stereocenters. The molecule has 0 unspecified atom stereocenters. The summed E-state index contributed by atoms with van der Waals surface area (Å²) in [6.07, 6.45) is 3.39. The largest absolute Gasteiger partial charge is 0.489 e. The van der Waals surface area contributed by atoms with E-state index in [1.807, 2.05) is 0 Å². The summed E-state index contributed by atoms with van der Waals surface area (Å²) in [6, 6.07) is 30.2. The number of hydrogen-bond donors (Lipinski definition) is 0. The maximum atomic E-state index is 13.2. The van der Waals surface area contributed by atoms with Crippen molar-refractivity contribution in [2.45, 2.75) is 31.8 Å². The molecule has 3 heteroatoms. The number of halogens is 1. The molecule has 168 valence electrons. The van der Waals surface area contributed by atoms with Crippen LogP contribution in [0, 0.1) is 5.82 Å². The van der Waals surface area contributed by atoms with Gasteiger partial charge in [0.1, 0.15) is 18.2 Å². The van der Waals surface area contributed by atoms with E-state index in [1.165, 1.54) is 46.9 Å². The van der Waals surface area contributed by atoms with Crippen molar-refractivity contribution in [1.29, 1.82) is 0 Å². The SMILES string of the molecule is Fc1ccc(COc2ccc3ccccc3c2CCN2CCC(c3ccccc3)CC2)cc1. The minimum Gasteiger partial charge on any atom is -0.489 e. The second-order valence-corrected chi connectivity index (χ2v) is 8.96. The van der Waals surface area contributed by atoms with Crippen LogP contribution >= 0.6 is 0 Å². The van der Waals surface area contributed by atoms with Crippen LogP contribution in [0.4, 0.5) is 4.39 Å². The molecule has 1 aliphatic rings. The van der Waals surface area contributed by atoms with Crippen molar-refractivity contribution in [3.8, 4) is 5.75 Å². The number of rotatable bonds is 7. The van der Waals surface area contributed by atoms with E-state index in [4.69, 9.17) is 4.74 Å². The predicted octanol–water partition coefficient (Wildman–Crippen LogP) is 6.98. The summed E-state index contributed by atoms with van der Waals surface area (Å²) >= 11 is 0. The van der Waals surface area contributed by atoms with Crippen molar-refractivity contribution < 1.29 is 9.13 Å². The number of ether oxygens (including phenoxy) is 1. The van der Waals surface area contributed by atoms with Crippen LogP contribution in [0.15, 0.2) is 91.0 Å². The third-order valence-electron chi connectivity index (χ3n) is 6.84. The molecule has 1 heterocycles. The molecule has 4 aromatic rings. The first-order valence-corrected chi connectivity index (χ1v) is 11.9. The Balaban J connectivity index is 1.27. The van der Waals surface area contributed by atoms with E-state index in [0.29, 0.717) is 12.5 Å². The average molecular weight is 440 g/mol. The first kappa shape index (κ1) is 21.7. The topological polar surface area (TPSA) is 12.5 Å². The van der Waals surface area contributed by atoms with Crippen LogP contribution in [-0.4, -0.2) is 24.5 Å². The van der Waals surface area contributed by atoms with Crippen LogP contribution in [0.1, 0.15) is 35.4 Å². The van der Waals surface area contributed by atoms with E-state index in [2.05, 4.69) is 71.6 Å². The molecule has 0 spiro atoms. The summed E-state index contributed by atoms with van der Waals surface area (Å²) in [5.41, 5.74) is 3.71. The zero-order valence-corrected chi connectivity index (χ0v) is 18.9. The second-order valence-electron chi connectivity index (χ2n) is 8.96. The quantitative estimate of drug-likeness (QED) is 0.308. The van der Waals surface area contributed by atoms with Gasteiger partial charge >= 0.3 is 0 Å². The molecule has 33 heavy (non-hydrogen) atoms. The molecule has 0 bridgehead atoms. The maximum absolute atomic E-state index is 13.2. The summed E-state index contributed by atoms with van der Waals surface area (Å²) in [4.78, 5) is 2.59. The van der Waals surface area contributed by atoms with E-state index >= 15 is 0 Å². The molecule has 4 aromatic carbocycles. The molecule has 0 N–H and O–H groups in total. The summed E-state index contributed by atoms with van der Waals surface area (Å²) in [7, 11) is 0. The van der Waals surface area contributed by atoms with Gasteiger partial charge in [-0.1, -0.05) is 72.8 Å². The van der Waals surface area contributed by atoms with Crippen LogP contribution in [0.3, 0.4) is 0 Å². The Morgan fingerprint density at radius 2 is 1.52 bits per heavy atom. The minimum atomic E-state index is -0.221. The van der Waals surface area contributed by atoms with Crippen molar-refractivity contribution in [2.75, 3.05) is 19.6 Å². The molecular weight excluding hydrogens is 409 g/mol. The number of nitrogens with zero attached hydrogens (tertiary/aromatic N) is 1. The lowest BCUT2D eigenvalue weighted by Gasteiger charge is -2.32. The van der Waals surface area contributed by atoms with E-state index in [0.717, 1.165) is 37.4 Å². The van der Waals surface area contributed by atoms with Gasteiger partial charge in [-0.25, -0.2) is 4.39 Å². The molecule has 1 saturated heterocycles. The molecule has 2 nitrogen and oxygen atoms in total. The highest BCUT2D eigenvalue weighted by Gasteiger charge is 2.21. The predicted molar refractivity (Wildman–Crippen MR) is 133 cm³/mol. The van der Waals surface area contributed by atoms with Gasteiger partial charge < -0.3 is 9.64 Å². The van der Waals surface area contributed by atoms with Crippen molar-refractivity contribution in [3.05, 3.63) is 114 Å².